The predicted molar refractivity (Wildman–Crippen MR) is 87.8 cm³/mol. The maximum absolute atomic E-state index is 12.4. The highest BCUT2D eigenvalue weighted by Gasteiger charge is 2.45. The molecule has 0 aliphatic carbocycles. The number of nitrogens with one attached hydrogen (secondary N) is 1. The van der Waals surface area contributed by atoms with E-state index in [1.54, 1.807) is 19.9 Å². The summed E-state index contributed by atoms with van der Waals surface area (Å²) < 4.78 is 11.2. The quantitative estimate of drug-likeness (QED) is 0.860. The summed E-state index contributed by atoms with van der Waals surface area (Å²) in [5, 5.41) is 2.61. The van der Waals surface area contributed by atoms with Gasteiger partial charge >= 0.3 is 6.03 Å². The molecule has 8 nitrogen and oxygen atoms in total. The van der Waals surface area contributed by atoms with Gasteiger partial charge in [-0.2, -0.15) is 0 Å². The number of fused-ring (bicyclic) bond motifs is 1. The fraction of sp³-hybridized carbons (Fsp3) is 0.294. The van der Waals surface area contributed by atoms with Gasteiger partial charge in [-0.3, -0.25) is 4.79 Å². The van der Waals surface area contributed by atoms with Gasteiger partial charge in [0.1, 0.15) is 23.4 Å². The molecule has 3 heterocycles. The van der Waals surface area contributed by atoms with E-state index in [2.05, 4.69) is 15.3 Å². The SMILES string of the molecule is CC1(C)NC(=O)N(c2cc(Oc3ccc4c(c3)CCO4)ncn2)C1=O. The van der Waals surface area contributed by atoms with Crippen LogP contribution in [-0.4, -0.2) is 34.1 Å². The Hall–Kier alpha value is -3.16. The van der Waals surface area contributed by atoms with Crippen molar-refractivity contribution in [2.75, 3.05) is 11.5 Å². The Kier molecular flexibility index (Phi) is 3.34. The van der Waals surface area contributed by atoms with Crippen LogP contribution in [0.1, 0.15) is 19.4 Å². The average molecular weight is 340 g/mol. The third-order valence-electron chi connectivity index (χ3n) is 4.10. The summed E-state index contributed by atoms with van der Waals surface area (Å²) in [6.07, 6.45) is 2.09. The van der Waals surface area contributed by atoms with Crippen LogP contribution in [0.25, 0.3) is 0 Å². The van der Waals surface area contributed by atoms with E-state index in [9.17, 15) is 9.59 Å². The lowest BCUT2D eigenvalue weighted by Gasteiger charge is -2.15. The molecule has 0 atom stereocenters. The van der Waals surface area contributed by atoms with E-state index in [-0.39, 0.29) is 17.6 Å². The first-order valence-corrected chi connectivity index (χ1v) is 7.86. The van der Waals surface area contributed by atoms with Gasteiger partial charge in [-0.15, -0.1) is 0 Å². The zero-order valence-electron chi connectivity index (χ0n) is 13.8. The highest BCUT2D eigenvalue weighted by Crippen LogP contribution is 2.31. The molecule has 25 heavy (non-hydrogen) atoms. The van der Waals surface area contributed by atoms with Gasteiger partial charge in [0.15, 0.2) is 5.82 Å². The van der Waals surface area contributed by atoms with Gasteiger partial charge in [0.2, 0.25) is 5.88 Å². The van der Waals surface area contributed by atoms with E-state index in [0.29, 0.717) is 12.4 Å². The fourth-order valence-electron chi connectivity index (χ4n) is 2.81. The van der Waals surface area contributed by atoms with Crippen LogP contribution < -0.4 is 19.7 Å². The molecule has 128 valence electrons. The number of urea groups is 1. The molecule has 1 aromatic heterocycles. The molecule has 8 heteroatoms. The zero-order chi connectivity index (χ0) is 17.6. The number of amides is 3. The lowest BCUT2D eigenvalue weighted by molar-refractivity contribution is -0.121. The predicted octanol–water partition coefficient (Wildman–Crippen LogP) is 2.04. The molecule has 2 aromatic rings. The lowest BCUT2D eigenvalue weighted by Crippen LogP contribution is -2.40. The van der Waals surface area contributed by atoms with E-state index in [0.717, 1.165) is 22.6 Å². The van der Waals surface area contributed by atoms with Gasteiger partial charge in [-0.1, -0.05) is 0 Å². The molecule has 0 bridgehead atoms. The van der Waals surface area contributed by atoms with Crippen molar-refractivity contribution in [1.82, 2.24) is 15.3 Å². The van der Waals surface area contributed by atoms with Crippen LogP contribution in [-0.2, 0) is 11.2 Å². The van der Waals surface area contributed by atoms with E-state index in [4.69, 9.17) is 9.47 Å². The summed E-state index contributed by atoms with van der Waals surface area (Å²) in [4.78, 5) is 33.5. The Morgan fingerprint density at radius 1 is 1.24 bits per heavy atom. The molecule has 1 aromatic carbocycles. The van der Waals surface area contributed by atoms with E-state index in [1.807, 2.05) is 12.1 Å². The zero-order valence-corrected chi connectivity index (χ0v) is 13.8. The molecule has 0 saturated carbocycles. The van der Waals surface area contributed by atoms with Crippen molar-refractivity contribution in [1.29, 1.82) is 0 Å². The Morgan fingerprint density at radius 3 is 2.84 bits per heavy atom. The molecule has 0 unspecified atom stereocenters. The second kappa shape index (κ2) is 5.44. The number of anilines is 1. The van der Waals surface area contributed by atoms with Crippen LogP contribution in [0, 0.1) is 0 Å². The minimum absolute atomic E-state index is 0.169. The number of rotatable bonds is 3. The number of carbonyl (C=O) groups excluding carboxylic acids is 2. The van der Waals surface area contributed by atoms with Crippen LogP contribution in [0.15, 0.2) is 30.6 Å². The maximum atomic E-state index is 12.4. The number of benzene rings is 1. The van der Waals surface area contributed by atoms with Gasteiger partial charge in [-0.05, 0) is 32.0 Å². The molecular formula is C17H16N4O4. The Bertz CT molecular complexity index is 881. The largest absolute Gasteiger partial charge is 0.493 e. The van der Waals surface area contributed by atoms with Crippen LogP contribution in [0.3, 0.4) is 0 Å². The summed E-state index contributed by atoms with van der Waals surface area (Å²) >= 11 is 0. The van der Waals surface area contributed by atoms with Crippen molar-refractivity contribution in [2.45, 2.75) is 25.8 Å². The number of imide groups is 1. The smallest absolute Gasteiger partial charge is 0.330 e. The molecule has 0 radical (unpaired) electrons. The van der Waals surface area contributed by atoms with Crippen LogP contribution >= 0.6 is 0 Å². The average Bonchev–Trinajstić information content (AvgIpc) is 3.09. The number of hydrogen-bond donors (Lipinski definition) is 1. The molecule has 3 amide bonds. The topological polar surface area (TPSA) is 93.7 Å². The van der Waals surface area contributed by atoms with Gasteiger partial charge in [0, 0.05) is 18.1 Å². The van der Waals surface area contributed by atoms with E-state index in [1.165, 1.54) is 12.4 Å². The van der Waals surface area contributed by atoms with Gasteiger partial charge in [0.25, 0.3) is 5.91 Å². The second-order valence-corrected chi connectivity index (χ2v) is 6.38. The molecule has 0 spiro atoms. The second-order valence-electron chi connectivity index (χ2n) is 6.38. The Balaban J connectivity index is 1.60. The maximum Gasteiger partial charge on any atom is 0.330 e. The molecule has 1 saturated heterocycles. The summed E-state index contributed by atoms with van der Waals surface area (Å²) in [6.45, 7) is 3.94. The van der Waals surface area contributed by atoms with Crippen molar-refractivity contribution in [3.8, 4) is 17.4 Å². The van der Waals surface area contributed by atoms with E-state index < -0.39 is 11.6 Å². The number of aromatic nitrogens is 2. The highest BCUT2D eigenvalue weighted by molar-refractivity contribution is 6.22. The lowest BCUT2D eigenvalue weighted by atomic mass is 10.1. The highest BCUT2D eigenvalue weighted by atomic mass is 16.5. The third kappa shape index (κ3) is 2.65. The van der Waals surface area contributed by atoms with Crippen LogP contribution in [0.4, 0.5) is 10.6 Å². The number of hydrogen-bond acceptors (Lipinski definition) is 6. The number of carbonyl (C=O) groups is 2. The van der Waals surface area contributed by atoms with Gasteiger partial charge in [-0.25, -0.2) is 19.7 Å². The number of ether oxygens (including phenoxy) is 2. The summed E-state index contributed by atoms with van der Waals surface area (Å²) in [7, 11) is 0. The first-order valence-electron chi connectivity index (χ1n) is 7.86. The Morgan fingerprint density at radius 2 is 2.08 bits per heavy atom. The summed E-state index contributed by atoms with van der Waals surface area (Å²) in [6, 6.07) is 6.46. The van der Waals surface area contributed by atoms with E-state index >= 15 is 0 Å². The molecule has 2 aliphatic rings. The van der Waals surface area contributed by atoms with Crippen molar-refractivity contribution in [3.63, 3.8) is 0 Å². The normalized spacial score (nSPS) is 17.9. The monoisotopic (exact) mass is 340 g/mol. The molecule has 4 rings (SSSR count). The minimum atomic E-state index is -0.969. The Labute approximate surface area is 143 Å². The van der Waals surface area contributed by atoms with Crippen molar-refractivity contribution < 1.29 is 19.1 Å². The van der Waals surface area contributed by atoms with Gasteiger partial charge < -0.3 is 14.8 Å². The first-order chi connectivity index (χ1) is 11.9. The van der Waals surface area contributed by atoms with Crippen molar-refractivity contribution >= 4 is 17.8 Å². The van der Waals surface area contributed by atoms with Crippen LogP contribution in [0.5, 0.6) is 17.4 Å². The summed E-state index contributed by atoms with van der Waals surface area (Å²) in [5.41, 5.74) is 0.103. The third-order valence-corrected chi connectivity index (χ3v) is 4.10. The number of nitrogens with zero attached hydrogens (tertiary/aromatic N) is 3. The van der Waals surface area contributed by atoms with Crippen molar-refractivity contribution in [2.24, 2.45) is 0 Å². The molecule has 2 aliphatic heterocycles. The van der Waals surface area contributed by atoms with Crippen LogP contribution in [0.2, 0.25) is 0 Å². The molecule has 1 N–H and O–H groups in total. The first kappa shape index (κ1) is 15.4. The van der Waals surface area contributed by atoms with Gasteiger partial charge in [0.05, 0.1) is 6.61 Å². The fourth-order valence-corrected chi connectivity index (χ4v) is 2.81. The standard InChI is InChI=1S/C17H16N4O4/c1-17(2)15(22)21(16(23)20-17)13-8-14(19-9-18-13)25-11-3-4-12-10(7-11)5-6-24-12/h3-4,7-9H,5-6H2,1-2H3,(H,20,23). The van der Waals surface area contributed by atoms with Crippen molar-refractivity contribution in [3.05, 3.63) is 36.2 Å². The summed E-state index contributed by atoms with van der Waals surface area (Å²) in [5.74, 6) is 1.50. The molecule has 1 fully saturated rings. The minimum Gasteiger partial charge on any atom is -0.493 e. The molecular weight excluding hydrogens is 324 g/mol.